The zero-order valence-corrected chi connectivity index (χ0v) is 12.6. The van der Waals surface area contributed by atoms with Gasteiger partial charge in [0.05, 0.1) is 6.42 Å². The second-order valence-electron chi connectivity index (χ2n) is 3.41. The summed E-state index contributed by atoms with van der Waals surface area (Å²) in [6.07, 6.45) is 3.10. The number of nitrogens with one attached hydrogen (secondary N) is 2. The Balaban J connectivity index is 0. The van der Waals surface area contributed by atoms with Gasteiger partial charge in [-0.1, -0.05) is 6.42 Å². The molecule has 0 atom stereocenters. The van der Waals surface area contributed by atoms with Crippen LogP contribution in [0, 0.1) is 0 Å². The summed E-state index contributed by atoms with van der Waals surface area (Å²) in [5, 5.41) is 14.1. The van der Waals surface area contributed by atoms with E-state index in [1.807, 2.05) is 7.05 Å². The fraction of sp³-hybridized carbons (Fsp3) is 0.800. The minimum absolute atomic E-state index is 0. The summed E-state index contributed by atoms with van der Waals surface area (Å²) in [7, 11) is 1.91. The number of carboxylic acid groups (broad SMARTS) is 1. The molecule has 0 rings (SSSR count). The van der Waals surface area contributed by atoms with Crippen LogP contribution in [0.4, 0.5) is 0 Å². The van der Waals surface area contributed by atoms with Crippen LogP contribution >= 0.6 is 0 Å². The molecule has 1 radical (unpaired) electrons. The average Bonchev–Trinajstić information content (AvgIpc) is 2.20. The van der Waals surface area contributed by atoms with Crippen molar-refractivity contribution >= 4 is 11.9 Å². The summed E-state index contributed by atoms with van der Waals surface area (Å²) < 4.78 is 0. The number of carbonyl (C=O) groups is 2. The molecule has 0 aromatic heterocycles. The van der Waals surface area contributed by atoms with Crippen molar-refractivity contribution in [3.8, 4) is 0 Å². The molecule has 0 unspecified atom stereocenters. The second kappa shape index (κ2) is 13.1. The van der Waals surface area contributed by atoms with Crippen LogP contribution < -0.4 is 10.6 Å². The molecule has 0 aromatic carbocycles. The molecule has 0 aliphatic rings. The molecule has 0 aliphatic carbocycles. The Kier molecular flexibility index (Phi) is 15.0. The summed E-state index contributed by atoms with van der Waals surface area (Å²) in [5.74, 6) is -1.11. The number of hydrogen-bond donors (Lipinski definition) is 3. The first-order valence-electron chi connectivity index (χ1n) is 5.30. The Hall–Kier alpha value is 0.00390. The van der Waals surface area contributed by atoms with Crippen molar-refractivity contribution in [1.82, 2.24) is 10.6 Å². The van der Waals surface area contributed by atoms with E-state index in [0.29, 0.717) is 6.54 Å². The molecule has 0 fully saturated rings. The van der Waals surface area contributed by atoms with Gasteiger partial charge in [0.2, 0.25) is 5.91 Å². The largest absolute Gasteiger partial charge is 0.481 e. The van der Waals surface area contributed by atoms with Crippen LogP contribution in [-0.2, 0) is 42.3 Å². The van der Waals surface area contributed by atoms with E-state index < -0.39 is 5.97 Å². The maximum atomic E-state index is 11.0. The summed E-state index contributed by atoms with van der Waals surface area (Å²) in [6.45, 7) is 1.63. The standard InChI is InChI=1S/C10H20N2O3.Y/c1-11-7-3-2-4-8-12-9(13)5-6-10(14)15;/h11H,2-8H2,1H3,(H,12,13)(H,14,15);. The van der Waals surface area contributed by atoms with Crippen LogP contribution in [-0.4, -0.2) is 37.1 Å². The molecule has 0 aliphatic heterocycles. The minimum atomic E-state index is -0.931. The van der Waals surface area contributed by atoms with Crippen LogP contribution in [0.3, 0.4) is 0 Å². The predicted molar refractivity (Wildman–Crippen MR) is 57.7 cm³/mol. The molecule has 3 N–H and O–H groups in total. The van der Waals surface area contributed by atoms with E-state index in [-0.39, 0.29) is 51.5 Å². The van der Waals surface area contributed by atoms with Crippen molar-refractivity contribution in [2.75, 3.05) is 20.1 Å². The number of rotatable bonds is 9. The second-order valence-corrected chi connectivity index (χ2v) is 3.41. The fourth-order valence-corrected chi connectivity index (χ4v) is 1.14. The molecule has 0 aromatic rings. The van der Waals surface area contributed by atoms with Crippen LogP contribution in [0.25, 0.3) is 0 Å². The van der Waals surface area contributed by atoms with Gasteiger partial charge in [-0.05, 0) is 26.4 Å². The van der Waals surface area contributed by atoms with E-state index in [0.717, 1.165) is 25.8 Å². The van der Waals surface area contributed by atoms with E-state index >= 15 is 0 Å². The van der Waals surface area contributed by atoms with Crippen LogP contribution in [0.5, 0.6) is 0 Å². The number of carbonyl (C=O) groups excluding carboxylic acids is 1. The third-order valence-corrected chi connectivity index (χ3v) is 1.99. The van der Waals surface area contributed by atoms with Gasteiger partial charge in [-0.15, -0.1) is 0 Å². The first kappa shape index (κ1) is 18.4. The predicted octanol–water partition coefficient (Wildman–Crippen LogP) is 0.355. The quantitative estimate of drug-likeness (QED) is 0.537. The molecule has 0 spiro atoms. The van der Waals surface area contributed by atoms with Gasteiger partial charge in [0.1, 0.15) is 0 Å². The van der Waals surface area contributed by atoms with Crippen molar-refractivity contribution in [2.45, 2.75) is 32.1 Å². The SMILES string of the molecule is CNCCCCCNC(=O)CCC(=O)O.[Y]. The van der Waals surface area contributed by atoms with Gasteiger partial charge >= 0.3 is 5.97 Å². The van der Waals surface area contributed by atoms with E-state index in [2.05, 4.69) is 10.6 Å². The van der Waals surface area contributed by atoms with Gasteiger partial charge in [0, 0.05) is 45.7 Å². The van der Waals surface area contributed by atoms with Crippen molar-refractivity contribution in [3.05, 3.63) is 0 Å². The Bertz CT molecular complexity index is 201. The molecule has 1 amide bonds. The molecular weight excluding hydrogens is 285 g/mol. The van der Waals surface area contributed by atoms with E-state index in [1.165, 1.54) is 0 Å². The molecule has 5 nitrogen and oxygen atoms in total. The average molecular weight is 305 g/mol. The topological polar surface area (TPSA) is 78.4 Å². The van der Waals surface area contributed by atoms with Crippen molar-refractivity contribution in [1.29, 1.82) is 0 Å². The van der Waals surface area contributed by atoms with Gasteiger partial charge < -0.3 is 15.7 Å². The first-order chi connectivity index (χ1) is 7.16. The maximum absolute atomic E-state index is 11.0. The number of hydrogen-bond acceptors (Lipinski definition) is 3. The summed E-state index contributed by atoms with van der Waals surface area (Å²) in [5.41, 5.74) is 0. The Morgan fingerprint density at radius 3 is 2.25 bits per heavy atom. The van der Waals surface area contributed by atoms with E-state index in [9.17, 15) is 9.59 Å². The Labute approximate surface area is 122 Å². The Morgan fingerprint density at radius 1 is 1.06 bits per heavy atom. The summed E-state index contributed by atoms with van der Waals surface area (Å²) in [6, 6.07) is 0. The molecule has 0 saturated carbocycles. The molecular formula is C10H20N2O3Y. The third-order valence-electron chi connectivity index (χ3n) is 1.99. The number of unbranched alkanes of at least 4 members (excludes halogenated alkanes) is 2. The molecule has 0 bridgehead atoms. The zero-order chi connectivity index (χ0) is 11.5. The molecule has 6 heteroatoms. The monoisotopic (exact) mass is 305 g/mol. The van der Waals surface area contributed by atoms with Gasteiger partial charge in [0.15, 0.2) is 0 Å². The zero-order valence-electron chi connectivity index (χ0n) is 9.79. The molecule has 0 heterocycles. The summed E-state index contributed by atoms with van der Waals surface area (Å²) >= 11 is 0. The normalized spacial score (nSPS) is 9.31. The van der Waals surface area contributed by atoms with E-state index in [4.69, 9.17) is 5.11 Å². The van der Waals surface area contributed by atoms with Crippen molar-refractivity contribution < 1.29 is 47.4 Å². The van der Waals surface area contributed by atoms with Crippen LogP contribution in [0.15, 0.2) is 0 Å². The molecule has 16 heavy (non-hydrogen) atoms. The van der Waals surface area contributed by atoms with Crippen LogP contribution in [0.1, 0.15) is 32.1 Å². The first-order valence-corrected chi connectivity index (χ1v) is 5.30. The van der Waals surface area contributed by atoms with E-state index in [1.54, 1.807) is 0 Å². The van der Waals surface area contributed by atoms with Crippen molar-refractivity contribution in [3.63, 3.8) is 0 Å². The smallest absolute Gasteiger partial charge is 0.303 e. The number of amides is 1. The Morgan fingerprint density at radius 2 is 1.69 bits per heavy atom. The number of aliphatic carboxylic acids is 1. The fourth-order valence-electron chi connectivity index (χ4n) is 1.14. The van der Waals surface area contributed by atoms with Gasteiger partial charge in [-0.2, -0.15) is 0 Å². The van der Waals surface area contributed by atoms with Gasteiger partial charge in [-0.25, -0.2) is 0 Å². The number of carboxylic acids is 1. The van der Waals surface area contributed by atoms with Crippen LogP contribution in [0.2, 0.25) is 0 Å². The molecule has 0 saturated heterocycles. The minimum Gasteiger partial charge on any atom is -0.481 e. The molecule has 91 valence electrons. The van der Waals surface area contributed by atoms with Gasteiger partial charge in [-0.3, -0.25) is 9.59 Å². The van der Waals surface area contributed by atoms with Crippen molar-refractivity contribution in [2.24, 2.45) is 0 Å². The third kappa shape index (κ3) is 14.0. The summed E-state index contributed by atoms with van der Waals surface area (Å²) in [4.78, 5) is 21.2. The van der Waals surface area contributed by atoms with Gasteiger partial charge in [0.25, 0.3) is 0 Å². The maximum Gasteiger partial charge on any atom is 0.303 e.